The number of rotatable bonds is 4. The first-order chi connectivity index (χ1) is 12.0. The fourth-order valence-electron chi connectivity index (χ4n) is 4.24. The maximum Gasteiger partial charge on any atom is 0.222 e. The van der Waals surface area contributed by atoms with E-state index in [2.05, 4.69) is 4.98 Å². The number of sulfonamides is 1. The van der Waals surface area contributed by atoms with Crippen molar-refractivity contribution in [1.82, 2.24) is 14.2 Å². The van der Waals surface area contributed by atoms with Crippen LogP contribution in [0.4, 0.5) is 0 Å². The number of carbonyl (C=O) groups excluding carboxylic acids is 1. The summed E-state index contributed by atoms with van der Waals surface area (Å²) in [6, 6.07) is 3.86. The van der Waals surface area contributed by atoms with E-state index in [4.69, 9.17) is 0 Å². The molecule has 136 valence electrons. The van der Waals surface area contributed by atoms with Gasteiger partial charge >= 0.3 is 0 Å². The highest BCUT2D eigenvalue weighted by molar-refractivity contribution is 7.90. The van der Waals surface area contributed by atoms with Crippen molar-refractivity contribution in [3.63, 3.8) is 0 Å². The van der Waals surface area contributed by atoms with Gasteiger partial charge in [-0.3, -0.25) is 9.78 Å². The van der Waals surface area contributed by atoms with Gasteiger partial charge in [0.05, 0.1) is 5.25 Å². The molecule has 1 atom stereocenters. The smallest absolute Gasteiger partial charge is 0.222 e. The Morgan fingerprint density at radius 1 is 1.16 bits per heavy atom. The molecule has 2 saturated heterocycles. The summed E-state index contributed by atoms with van der Waals surface area (Å²) in [7, 11) is -3.13. The van der Waals surface area contributed by atoms with Crippen LogP contribution in [0, 0.1) is 5.41 Å². The number of hydrogen-bond acceptors (Lipinski definition) is 4. The molecular weight excluding hydrogens is 338 g/mol. The van der Waals surface area contributed by atoms with E-state index in [1.165, 1.54) is 0 Å². The molecule has 4 rings (SSSR count). The fourth-order valence-corrected chi connectivity index (χ4v) is 6.24. The number of aromatic nitrogens is 1. The Bertz CT molecular complexity index is 748. The molecule has 3 heterocycles. The highest BCUT2D eigenvalue weighted by atomic mass is 32.2. The largest absolute Gasteiger partial charge is 0.338 e. The summed E-state index contributed by atoms with van der Waals surface area (Å²) in [5, 5.41) is -0.152. The van der Waals surface area contributed by atoms with Crippen LogP contribution in [0.25, 0.3) is 0 Å². The summed E-state index contributed by atoms with van der Waals surface area (Å²) in [6.07, 6.45) is 8.30. The molecule has 7 heteroatoms. The zero-order valence-corrected chi connectivity index (χ0v) is 15.2. The number of carbonyl (C=O) groups is 1. The minimum atomic E-state index is -3.13. The Labute approximate surface area is 149 Å². The summed E-state index contributed by atoms with van der Waals surface area (Å²) in [6.45, 7) is 2.45. The lowest BCUT2D eigenvalue weighted by molar-refractivity contribution is -0.139. The molecule has 0 aromatic carbocycles. The molecule has 1 saturated carbocycles. The highest BCUT2D eigenvalue weighted by Crippen LogP contribution is 2.42. The van der Waals surface area contributed by atoms with E-state index in [9.17, 15) is 13.2 Å². The second-order valence-corrected chi connectivity index (χ2v) is 10.00. The maximum absolute atomic E-state index is 12.6. The quantitative estimate of drug-likeness (QED) is 0.818. The summed E-state index contributed by atoms with van der Waals surface area (Å²) >= 11 is 0. The molecule has 3 fully saturated rings. The predicted molar refractivity (Wildman–Crippen MR) is 94.1 cm³/mol. The van der Waals surface area contributed by atoms with Gasteiger partial charge in [-0.2, -0.15) is 0 Å². The van der Waals surface area contributed by atoms with Gasteiger partial charge in [0.25, 0.3) is 0 Å². The Hall–Kier alpha value is -1.47. The van der Waals surface area contributed by atoms with E-state index in [-0.39, 0.29) is 16.6 Å². The summed E-state index contributed by atoms with van der Waals surface area (Å²) < 4.78 is 27.0. The van der Waals surface area contributed by atoms with Crippen LogP contribution >= 0.6 is 0 Å². The SMILES string of the molecule is O=C1CCC2(CCCN(S(=O)(=O)C3CC3)C2)CN1Cc1ccncc1. The van der Waals surface area contributed by atoms with Gasteiger partial charge in [-0.1, -0.05) is 0 Å². The molecule has 1 amide bonds. The predicted octanol–water partition coefficient (Wildman–Crippen LogP) is 1.78. The van der Waals surface area contributed by atoms with Crippen molar-refractivity contribution >= 4 is 15.9 Å². The number of nitrogens with zero attached hydrogens (tertiary/aromatic N) is 3. The maximum atomic E-state index is 12.6. The lowest BCUT2D eigenvalue weighted by Crippen LogP contribution is -2.55. The van der Waals surface area contributed by atoms with Crippen molar-refractivity contribution in [2.24, 2.45) is 5.41 Å². The standard InChI is InChI=1S/C18H25N3O3S/c22-17-4-8-18(13-20(17)12-15-5-9-19-10-6-15)7-1-11-21(14-18)25(23,24)16-2-3-16/h5-6,9-10,16H,1-4,7-8,11-14H2. The van der Waals surface area contributed by atoms with E-state index < -0.39 is 10.0 Å². The third kappa shape index (κ3) is 3.44. The first kappa shape index (κ1) is 17.0. The molecule has 0 bridgehead atoms. The molecule has 25 heavy (non-hydrogen) atoms. The molecule has 2 aliphatic heterocycles. The van der Waals surface area contributed by atoms with E-state index in [1.807, 2.05) is 17.0 Å². The van der Waals surface area contributed by atoms with Crippen LogP contribution in [0.2, 0.25) is 0 Å². The number of pyridine rings is 1. The van der Waals surface area contributed by atoms with Crippen molar-refractivity contribution < 1.29 is 13.2 Å². The third-order valence-corrected chi connectivity index (χ3v) is 8.15. The lowest BCUT2D eigenvalue weighted by atomic mass is 9.74. The summed E-state index contributed by atoms with van der Waals surface area (Å²) in [4.78, 5) is 18.3. The number of piperidine rings is 2. The summed E-state index contributed by atoms with van der Waals surface area (Å²) in [5.74, 6) is 0.171. The van der Waals surface area contributed by atoms with Crippen molar-refractivity contribution in [1.29, 1.82) is 0 Å². The highest BCUT2D eigenvalue weighted by Gasteiger charge is 2.47. The van der Waals surface area contributed by atoms with Crippen LogP contribution in [0.1, 0.15) is 44.1 Å². The van der Waals surface area contributed by atoms with Gasteiger partial charge in [0, 0.05) is 50.4 Å². The van der Waals surface area contributed by atoms with E-state index >= 15 is 0 Å². The Kier molecular flexibility index (Phi) is 4.32. The lowest BCUT2D eigenvalue weighted by Gasteiger charge is -2.47. The van der Waals surface area contributed by atoms with Gasteiger partial charge in [-0.15, -0.1) is 0 Å². The van der Waals surface area contributed by atoms with Crippen LogP contribution < -0.4 is 0 Å². The molecule has 3 aliphatic rings. The monoisotopic (exact) mass is 363 g/mol. The van der Waals surface area contributed by atoms with Crippen molar-refractivity contribution in [2.75, 3.05) is 19.6 Å². The molecular formula is C18H25N3O3S. The first-order valence-electron chi connectivity index (χ1n) is 9.14. The Morgan fingerprint density at radius 3 is 2.64 bits per heavy atom. The average Bonchev–Trinajstić information content (AvgIpc) is 3.45. The average molecular weight is 363 g/mol. The number of amides is 1. The molecule has 6 nitrogen and oxygen atoms in total. The molecule has 1 aromatic heterocycles. The second-order valence-electron chi connectivity index (χ2n) is 7.79. The second kappa shape index (κ2) is 6.36. The minimum Gasteiger partial charge on any atom is -0.338 e. The molecule has 1 spiro atoms. The molecule has 1 aromatic rings. The van der Waals surface area contributed by atoms with Crippen LogP contribution in [-0.2, 0) is 21.4 Å². The van der Waals surface area contributed by atoms with E-state index in [1.54, 1.807) is 16.7 Å². The van der Waals surface area contributed by atoms with Crippen LogP contribution in [-0.4, -0.2) is 53.4 Å². The van der Waals surface area contributed by atoms with Gasteiger partial charge in [-0.25, -0.2) is 12.7 Å². The first-order valence-corrected chi connectivity index (χ1v) is 10.6. The van der Waals surface area contributed by atoms with Crippen LogP contribution in [0.15, 0.2) is 24.5 Å². The third-order valence-electron chi connectivity index (χ3n) is 5.80. The van der Waals surface area contributed by atoms with Crippen molar-refractivity contribution in [3.8, 4) is 0 Å². The Morgan fingerprint density at radius 2 is 1.92 bits per heavy atom. The van der Waals surface area contributed by atoms with Gasteiger partial charge in [-0.05, 0) is 49.8 Å². The molecule has 1 aliphatic carbocycles. The van der Waals surface area contributed by atoms with Gasteiger partial charge in [0.15, 0.2) is 0 Å². The molecule has 0 radical (unpaired) electrons. The zero-order valence-electron chi connectivity index (χ0n) is 14.4. The number of likely N-dealkylation sites (tertiary alicyclic amines) is 1. The van der Waals surface area contributed by atoms with Crippen LogP contribution in [0.3, 0.4) is 0 Å². The minimum absolute atomic E-state index is 0.0822. The van der Waals surface area contributed by atoms with E-state index in [0.717, 1.165) is 37.7 Å². The van der Waals surface area contributed by atoms with Crippen molar-refractivity contribution in [3.05, 3.63) is 30.1 Å². The zero-order chi connectivity index (χ0) is 17.5. The Balaban J connectivity index is 1.50. The molecule has 1 unspecified atom stereocenters. The van der Waals surface area contributed by atoms with E-state index in [0.29, 0.717) is 32.6 Å². The van der Waals surface area contributed by atoms with Gasteiger partial charge in [0.2, 0.25) is 15.9 Å². The summed E-state index contributed by atoms with van der Waals surface area (Å²) in [5.41, 5.74) is 0.986. The topological polar surface area (TPSA) is 70.6 Å². The normalized spacial score (nSPS) is 28.5. The molecule has 0 N–H and O–H groups in total. The van der Waals surface area contributed by atoms with Gasteiger partial charge < -0.3 is 4.90 Å². The fraction of sp³-hybridized carbons (Fsp3) is 0.667. The number of hydrogen-bond donors (Lipinski definition) is 0. The van der Waals surface area contributed by atoms with Gasteiger partial charge in [0.1, 0.15) is 0 Å². The van der Waals surface area contributed by atoms with Crippen molar-refractivity contribution in [2.45, 2.75) is 50.3 Å². The van der Waals surface area contributed by atoms with Crippen LogP contribution in [0.5, 0.6) is 0 Å².